The van der Waals surface area contributed by atoms with Crippen molar-refractivity contribution in [3.8, 4) is 5.75 Å². The quantitative estimate of drug-likeness (QED) is 0.739. The third-order valence-electron chi connectivity index (χ3n) is 3.09. The number of ether oxygens (including phenoxy) is 1. The third-order valence-corrected chi connectivity index (χ3v) is 3.09. The first-order valence-corrected chi connectivity index (χ1v) is 6.91. The Morgan fingerprint density at radius 1 is 1.05 bits per heavy atom. The van der Waals surface area contributed by atoms with Gasteiger partial charge in [-0.25, -0.2) is 0 Å². The Morgan fingerprint density at radius 2 is 1.74 bits per heavy atom. The number of rotatable bonds is 9. The van der Waals surface area contributed by atoms with Crippen LogP contribution in [0.2, 0.25) is 0 Å². The van der Waals surface area contributed by atoms with Gasteiger partial charge in [-0.05, 0) is 52.2 Å². The van der Waals surface area contributed by atoms with Gasteiger partial charge in [0, 0.05) is 13.1 Å². The minimum absolute atomic E-state index is 0.722. The van der Waals surface area contributed by atoms with Crippen molar-refractivity contribution in [2.75, 3.05) is 52.3 Å². The van der Waals surface area contributed by atoms with Gasteiger partial charge in [0.25, 0.3) is 0 Å². The molecule has 0 radical (unpaired) electrons. The minimum Gasteiger partial charge on any atom is -0.495 e. The molecular weight excluding hydrogens is 238 g/mol. The molecule has 108 valence electrons. The van der Waals surface area contributed by atoms with Crippen LogP contribution in [-0.4, -0.2) is 52.3 Å². The zero-order chi connectivity index (χ0) is 14.1. The van der Waals surface area contributed by atoms with Gasteiger partial charge in [-0.3, -0.25) is 0 Å². The number of nitrogens with two attached hydrogens (primary N) is 1. The highest BCUT2D eigenvalue weighted by Crippen LogP contribution is 2.27. The van der Waals surface area contributed by atoms with Crippen molar-refractivity contribution in [2.24, 2.45) is 5.73 Å². The molecule has 1 rings (SSSR count). The molecule has 0 atom stereocenters. The zero-order valence-corrected chi connectivity index (χ0v) is 12.4. The lowest BCUT2D eigenvalue weighted by molar-refractivity contribution is 0.397. The van der Waals surface area contributed by atoms with Gasteiger partial charge in [-0.15, -0.1) is 0 Å². The van der Waals surface area contributed by atoms with Crippen LogP contribution in [0, 0.1) is 0 Å². The summed E-state index contributed by atoms with van der Waals surface area (Å²) in [7, 11) is 5.93. The molecule has 0 saturated heterocycles. The number of para-hydroxylation sites is 2. The molecule has 0 spiro atoms. The highest BCUT2D eigenvalue weighted by Gasteiger charge is 2.10. The maximum absolute atomic E-state index is 5.64. The summed E-state index contributed by atoms with van der Waals surface area (Å²) in [5, 5.41) is 0. The van der Waals surface area contributed by atoms with Crippen molar-refractivity contribution in [2.45, 2.75) is 12.8 Å². The van der Waals surface area contributed by atoms with Crippen LogP contribution in [0.4, 0.5) is 5.69 Å². The largest absolute Gasteiger partial charge is 0.495 e. The van der Waals surface area contributed by atoms with Gasteiger partial charge >= 0.3 is 0 Å². The van der Waals surface area contributed by atoms with Gasteiger partial charge in [-0.1, -0.05) is 12.1 Å². The van der Waals surface area contributed by atoms with Crippen molar-refractivity contribution < 1.29 is 4.74 Å². The van der Waals surface area contributed by atoms with E-state index in [1.54, 1.807) is 7.11 Å². The SMILES string of the molecule is COc1ccccc1N(CCCN)CCCN(C)C. The lowest BCUT2D eigenvalue weighted by atomic mass is 10.2. The molecule has 19 heavy (non-hydrogen) atoms. The standard InChI is InChI=1S/C15H27N3O/c1-17(2)11-7-13-18(12-6-10-16)14-8-4-5-9-15(14)19-3/h4-5,8-9H,6-7,10-13,16H2,1-3H3. The molecule has 0 heterocycles. The van der Waals surface area contributed by atoms with Crippen molar-refractivity contribution >= 4 is 5.69 Å². The average Bonchev–Trinajstić information content (AvgIpc) is 2.42. The summed E-state index contributed by atoms with van der Waals surface area (Å²) >= 11 is 0. The fourth-order valence-electron chi connectivity index (χ4n) is 2.10. The molecule has 0 amide bonds. The first kappa shape index (κ1) is 15.8. The van der Waals surface area contributed by atoms with E-state index in [1.165, 1.54) is 0 Å². The molecule has 0 aliphatic rings. The predicted octanol–water partition coefficient (Wildman–Crippen LogP) is 1.80. The molecule has 0 aliphatic carbocycles. The van der Waals surface area contributed by atoms with E-state index in [0.29, 0.717) is 0 Å². The van der Waals surface area contributed by atoms with Crippen LogP contribution < -0.4 is 15.4 Å². The minimum atomic E-state index is 0.722. The molecule has 0 aliphatic heterocycles. The second kappa shape index (κ2) is 8.77. The Balaban J connectivity index is 2.71. The maximum Gasteiger partial charge on any atom is 0.142 e. The topological polar surface area (TPSA) is 41.7 Å². The first-order chi connectivity index (χ1) is 9.19. The predicted molar refractivity (Wildman–Crippen MR) is 82.0 cm³/mol. The highest BCUT2D eigenvalue weighted by molar-refractivity contribution is 5.58. The molecule has 0 bridgehead atoms. The average molecular weight is 265 g/mol. The zero-order valence-electron chi connectivity index (χ0n) is 12.4. The van der Waals surface area contributed by atoms with Crippen LogP contribution in [-0.2, 0) is 0 Å². The van der Waals surface area contributed by atoms with Crippen LogP contribution in [0.1, 0.15) is 12.8 Å². The summed E-state index contributed by atoms with van der Waals surface area (Å²) in [6.45, 7) is 3.82. The fourth-order valence-corrected chi connectivity index (χ4v) is 2.10. The van der Waals surface area contributed by atoms with Gasteiger partial charge in [0.15, 0.2) is 0 Å². The van der Waals surface area contributed by atoms with Crippen LogP contribution >= 0.6 is 0 Å². The summed E-state index contributed by atoms with van der Waals surface area (Å²) in [5.41, 5.74) is 6.80. The summed E-state index contributed by atoms with van der Waals surface area (Å²) in [5.74, 6) is 0.935. The monoisotopic (exact) mass is 265 g/mol. The summed E-state index contributed by atoms with van der Waals surface area (Å²) in [6, 6.07) is 8.18. The van der Waals surface area contributed by atoms with Gasteiger partial charge in [0.05, 0.1) is 12.8 Å². The van der Waals surface area contributed by atoms with E-state index in [4.69, 9.17) is 10.5 Å². The Kier molecular flexibility index (Phi) is 7.30. The molecule has 0 aromatic heterocycles. The van der Waals surface area contributed by atoms with E-state index >= 15 is 0 Å². The molecule has 4 nitrogen and oxygen atoms in total. The number of benzene rings is 1. The third kappa shape index (κ3) is 5.49. The van der Waals surface area contributed by atoms with Crippen LogP contribution in [0.15, 0.2) is 24.3 Å². The summed E-state index contributed by atoms with van der Waals surface area (Å²) in [4.78, 5) is 4.58. The van der Waals surface area contributed by atoms with Crippen molar-refractivity contribution in [1.82, 2.24) is 4.90 Å². The van der Waals surface area contributed by atoms with Crippen molar-refractivity contribution in [3.05, 3.63) is 24.3 Å². The van der Waals surface area contributed by atoms with Gasteiger partial charge in [-0.2, -0.15) is 0 Å². The second-order valence-corrected chi connectivity index (χ2v) is 4.96. The number of anilines is 1. The first-order valence-electron chi connectivity index (χ1n) is 6.91. The maximum atomic E-state index is 5.64. The Bertz CT molecular complexity index is 355. The van der Waals surface area contributed by atoms with Gasteiger partial charge < -0.3 is 20.3 Å². The number of methoxy groups -OCH3 is 1. The number of nitrogens with zero attached hydrogens (tertiary/aromatic N) is 2. The summed E-state index contributed by atoms with van der Waals surface area (Å²) in [6.07, 6.45) is 2.13. The van der Waals surface area contributed by atoms with E-state index in [1.807, 2.05) is 12.1 Å². The second-order valence-electron chi connectivity index (χ2n) is 4.96. The van der Waals surface area contributed by atoms with Gasteiger partial charge in [0.1, 0.15) is 5.75 Å². The summed E-state index contributed by atoms with van der Waals surface area (Å²) < 4.78 is 5.45. The lowest BCUT2D eigenvalue weighted by Crippen LogP contribution is -2.29. The highest BCUT2D eigenvalue weighted by atomic mass is 16.5. The van der Waals surface area contributed by atoms with E-state index in [9.17, 15) is 0 Å². The molecule has 0 saturated carbocycles. The Labute approximate surface area is 117 Å². The van der Waals surface area contributed by atoms with Crippen LogP contribution in [0.25, 0.3) is 0 Å². The lowest BCUT2D eigenvalue weighted by Gasteiger charge is -2.27. The molecule has 0 unspecified atom stereocenters. The van der Waals surface area contributed by atoms with Crippen molar-refractivity contribution in [1.29, 1.82) is 0 Å². The van der Waals surface area contributed by atoms with Gasteiger partial charge in [0.2, 0.25) is 0 Å². The van der Waals surface area contributed by atoms with E-state index in [2.05, 4.69) is 36.0 Å². The number of hydrogen-bond acceptors (Lipinski definition) is 4. The normalized spacial score (nSPS) is 10.8. The van der Waals surface area contributed by atoms with E-state index < -0.39 is 0 Å². The molecule has 4 heteroatoms. The Hall–Kier alpha value is -1.26. The van der Waals surface area contributed by atoms with Crippen molar-refractivity contribution in [3.63, 3.8) is 0 Å². The molecule has 0 fully saturated rings. The van der Waals surface area contributed by atoms with E-state index in [-0.39, 0.29) is 0 Å². The molecule has 1 aromatic rings. The fraction of sp³-hybridized carbons (Fsp3) is 0.600. The number of hydrogen-bond donors (Lipinski definition) is 1. The van der Waals surface area contributed by atoms with Crippen LogP contribution in [0.5, 0.6) is 5.75 Å². The Morgan fingerprint density at radius 3 is 2.37 bits per heavy atom. The van der Waals surface area contributed by atoms with Crippen LogP contribution in [0.3, 0.4) is 0 Å². The smallest absolute Gasteiger partial charge is 0.142 e. The molecule has 2 N–H and O–H groups in total. The molecular formula is C15H27N3O. The van der Waals surface area contributed by atoms with E-state index in [0.717, 1.165) is 50.5 Å². The molecule has 1 aromatic carbocycles.